The zero-order valence-electron chi connectivity index (χ0n) is 27.1. The molecule has 3 saturated heterocycles. The monoisotopic (exact) mass is 767 g/mol. The Morgan fingerprint density at radius 1 is 0.673 bits per heavy atom. The molecule has 5 aliphatic heterocycles. The molecule has 8 rings (SSSR count). The maximum absolute atomic E-state index is 12.6. The second kappa shape index (κ2) is 16.0. The van der Waals surface area contributed by atoms with Crippen LogP contribution < -0.4 is 15.5 Å². The van der Waals surface area contributed by atoms with Crippen molar-refractivity contribution in [1.29, 1.82) is 0 Å². The zero-order valence-corrected chi connectivity index (χ0v) is 31.0. The third-order valence-electron chi connectivity index (χ3n) is 9.59. The smallest absolute Gasteiger partial charge is 0.227 e. The van der Waals surface area contributed by atoms with E-state index in [9.17, 15) is 8.42 Å². The molecule has 49 heavy (non-hydrogen) atoms. The topological polar surface area (TPSA) is 131 Å². The largest absolute Gasteiger partial charge is 0.381 e. The molecule has 0 spiro atoms. The van der Waals surface area contributed by atoms with Crippen LogP contribution in [0.3, 0.4) is 0 Å². The lowest BCUT2D eigenvalue weighted by atomic mass is 9.89. The average Bonchev–Trinajstić information content (AvgIpc) is 3.67. The third-order valence-corrected chi connectivity index (χ3v) is 13.1. The fraction of sp³-hybridized carbons (Fsp3) is 0.576. The molecule has 1 aromatic carbocycles. The standard InChI is InChI=1S/C22H26Cl2N4O2S.C11H14ClN3O2S/c23-16-11-15(12-17(24)13-16)14-1-6-28(7-2-14)22-26-19-5-10-31(29)20(19)21(27-22)25-18-3-8-30-9-4-18;12-11-14-8-3-6-18(16)9(8)10(15-11)13-7-1-4-17-5-2-7/h11-14,18H,1-10H2,(H,25,26,27);7H,1-6H2,(H,13,14,15). The van der Waals surface area contributed by atoms with E-state index in [1.54, 1.807) is 6.07 Å². The summed E-state index contributed by atoms with van der Waals surface area (Å²) >= 11 is 18.3. The molecular weight excluding hydrogens is 729 g/mol. The summed E-state index contributed by atoms with van der Waals surface area (Å²) in [6.45, 7) is 4.74. The first kappa shape index (κ1) is 35.3. The lowest BCUT2D eigenvalue weighted by Gasteiger charge is -2.33. The molecule has 3 aromatic rings. The predicted octanol–water partition coefficient (Wildman–Crippen LogP) is 5.81. The Kier molecular flexibility index (Phi) is 11.6. The summed E-state index contributed by atoms with van der Waals surface area (Å²) in [6, 6.07) is 6.43. The van der Waals surface area contributed by atoms with Crippen molar-refractivity contribution in [2.45, 2.75) is 79.2 Å². The van der Waals surface area contributed by atoms with Gasteiger partial charge in [-0.25, -0.2) is 9.97 Å². The van der Waals surface area contributed by atoms with Crippen LogP contribution in [0.5, 0.6) is 0 Å². The first-order valence-electron chi connectivity index (χ1n) is 16.9. The molecule has 2 aromatic heterocycles. The van der Waals surface area contributed by atoms with Crippen LogP contribution >= 0.6 is 34.8 Å². The van der Waals surface area contributed by atoms with Crippen LogP contribution in [0, 0.1) is 0 Å². The Hall–Kier alpha value is -2.13. The highest BCUT2D eigenvalue weighted by atomic mass is 35.5. The van der Waals surface area contributed by atoms with E-state index in [1.807, 2.05) is 12.1 Å². The molecule has 0 bridgehead atoms. The number of halogens is 3. The second-order valence-corrected chi connectivity index (χ2v) is 17.1. The Balaban J connectivity index is 0.000000178. The van der Waals surface area contributed by atoms with Gasteiger partial charge in [0.25, 0.3) is 0 Å². The molecule has 0 amide bonds. The first-order chi connectivity index (χ1) is 23.8. The molecule has 5 aliphatic rings. The van der Waals surface area contributed by atoms with Crippen LogP contribution in [0.2, 0.25) is 15.3 Å². The SMILES string of the molecule is O=S1CCc2nc(Cl)nc(NC3CCOCC3)c21.O=S1CCc2nc(N3CCC(c4cc(Cl)cc(Cl)c4)CC3)nc(NC3CCOCC3)c21. The summed E-state index contributed by atoms with van der Waals surface area (Å²) < 4.78 is 35.4. The molecule has 11 nitrogen and oxygen atoms in total. The van der Waals surface area contributed by atoms with Crippen LogP contribution in [-0.2, 0) is 43.9 Å². The highest BCUT2D eigenvalue weighted by Crippen LogP contribution is 2.36. The van der Waals surface area contributed by atoms with Crippen LogP contribution in [0.1, 0.15) is 61.4 Å². The molecule has 3 fully saturated rings. The number of benzene rings is 1. The van der Waals surface area contributed by atoms with E-state index in [0.29, 0.717) is 51.8 Å². The van der Waals surface area contributed by atoms with Crippen molar-refractivity contribution < 1.29 is 17.9 Å². The molecule has 264 valence electrons. The van der Waals surface area contributed by atoms with E-state index in [1.165, 1.54) is 5.56 Å². The fourth-order valence-corrected chi connectivity index (χ4v) is 10.3. The van der Waals surface area contributed by atoms with Crippen LogP contribution in [0.25, 0.3) is 0 Å². The Labute approximate surface area is 306 Å². The van der Waals surface area contributed by atoms with Crippen molar-refractivity contribution >= 4 is 74.0 Å². The number of aromatic nitrogens is 4. The van der Waals surface area contributed by atoms with E-state index in [4.69, 9.17) is 54.2 Å². The van der Waals surface area contributed by atoms with Gasteiger partial charge in [-0.3, -0.25) is 8.42 Å². The molecule has 7 heterocycles. The number of nitrogens with zero attached hydrogens (tertiary/aromatic N) is 5. The Morgan fingerprint density at radius 2 is 1.18 bits per heavy atom. The summed E-state index contributed by atoms with van der Waals surface area (Å²) in [5.74, 6) is 3.82. The van der Waals surface area contributed by atoms with E-state index in [-0.39, 0.29) is 5.28 Å². The van der Waals surface area contributed by atoms with E-state index in [2.05, 4.69) is 25.5 Å². The van der Waals surface area contributed by atoms with Gasteiger partial charge in [-0.2, -0.15) is 9.97 Å². The van der Waals surface area contributed by atoms with Gasteiger partial charge in [0, 0.05) is 86.0 Å². The average molecular weight is 769 g/mol. The number of anilines is 3. The summed E-state index contributed by atoms with van der Waals surface area (Å²) in [5.41, 5.74) is 2.95. The van der Waals surface area contributed by atoms with Gasteiger partial charge >= 0.3 is 0 Å². The molecular formula is C33H40Cl3N7O4S2. The zero-order chi connectivity index (χ0) is 33.9. The Morgan fingerprint density at radius 3 is 1.73 bits per heavy atom. The number of hydrogen-bond acceptors (Lipinski definition) is 11. The van der Waals surface area contributed by atoms with E-state index < -0.39 is 21.6 Å². The summed E-state index contributed by atoms with van der Waals surface area (Å²) in [5, 5.41) is 8.49. The number of fused-ring (bicyclic) bond motifs is 2. The molecule has 2 atom stereocenters. The maximum atomic E-state index is 12.6. The van der Waals surface area contributed by atoms with Crippen molar-refractivity contribution in [1.82, 2.24) is 19.9 Å². The van der Waals surface area contributed by atoms with Crippen LogP contribution in [0.4, 0.5) is 17.6 Å². The first-order valence-corrected chi connectivity index (χ1v) is 20.7. The normalized spacial score (nSPS) is 23.0. The minimum atomic E-state index is -1.02. The quantitative estimate of drug-likeness (QED) is 0.295. The van der Waals surface area contributed by atoms with E-state index >= 15 is 0 Å². The summed E-state index contributed by atoms with van der Waals surface area (Å²) in [6.07, 6.45) is 7.19. The van der Waals surface area contributed by atoms with Crippen molar-refractivity contribution in [3.8, 4) is 0 Å². The number of nitrogens with one attached hydrogen (secondary N) is 2. The number of rotatable bonds is 6. The lowest BCUT2D eigenvalue weighted by Crippen LogP contribution is -2.35. The maximum Gasteiger partial charge on any atom is 0.227 e. The van der Waals surface area contributed by atoms with Gasteiger partial charge in [-0.15, -0.1) is 0 Å². The predicted molar refractivity (Wildman–Crippen MR) is 195 cm³/mol. The molecule has 2 N–H and O–H groups in total. The van der Waals surface area contributed by atoms with Crippen LogP contribution in [0.15, 0.2) is 28.0 Å². The molecule has 0 saturated carbocycles. The van der Waals surface area contributed by atoms with Gasteiger partial charge in [0.15, 0.2) is 0 Å². The lowest BCUT2D eigenvalue weighted by molar-refractivity contribution is 0.0902. The van der Waals surface area contributed by atoms with Gasteiger partial charge < -0.3 is 25.0 Å². The number of hydrogen-bond donors (Lipinski definition) is 2. The van der Waals surface area contributed by atoms with E-state index in [0.717, 1.165) is 117 Å². The van der Waals surface area contributed by atoms with Gasteiger partial charge in [0.2, 0.25) is 11.2 Å². The molecule has 0 aliphatic carbocycles. The highest BCUT2D eigenvalue weighted by Gasteiger charge is 2.31. The summed E-state index contributed by atoms with van der Waals surface area (Å²) in [4.78, 5) is 21.8. The minimum absolute atomic E-state index is 0.224. The summed E-state index contributed by atoms with van der Waals surface area (Å²) in [7, 11) is -2.02. The molecule has 0 radical (unpaired) electrons. The number of piperidine rings is 1. The van der Waals surface area contributed by atoms with Crippen molar-refractivity contribution in [3.63, 3.8) is 0 Å². The third kappa shape index (κ3) is 8.51. The van der Waals surface area contributed by atoms with Crippen molar-refractivity contribution in [2.24, 2.45) is 0 Å². The molecule has 2 unspecified atom stereocenters. The number of ether oxygens (including phenoxy) is 2. The minimum Gasteiger partial charge on any atom is -0.381 e. The Bertz CT molecular complexity index is 1700. The van der Waals surface area contributed by atoms with Gasteiger partial charge in [0.05, 0.1) is 33.0 Å². The van der Waals surface area contributed by atoms with Crippen molar-refractivity contribution in [3.05, 3.63) is 50.5 Å². The van der Waals surface area contributed by atoms with Crippen molar-refractivity contribution in [2.75, 3.05) is 66.6 Å². The van der Waals surface area contributed by atoms with Gasteiger partial charge in [-0.05, 0) is 79.8 Å². The van der Waals surface area contributed by atoms with Gasteiger partial charge in [0.1, 0.15) is 21.4 Å². The fourth-order valence-electron chi connectivity index (χ4n) is 6.98. The van der Waals surface area contributed by atoms with Crippen LogP contribution in [-0.4, -0.2) is 91.5 Å². The second-order valence-electron chi connectivity index (χ2n) is 12.9. The van der Waals surface area contributed by atoms with Gasteiger partial charge in [-0.1, -0.05) is 23.2 Å². The number of aryl methyl sites for hydroxylation is 2. The highest BCUT2D eigenvalue weighted by molar-refractivity contribution is 7.85. The molecule has 16 heteroatoms.